The summed E-state index contributed by atoms with van der Waals surface area (Å²) < 4.78 is 0. The van der Waals surface area contributed by atoms with Crippen molar-refractivity contribution in [2.45, 2.75) is 25.8 Å². The average molecular weight is 400 g/mol. The molecule has 8 heteroatoms. The number of nitrogen functional groups attached to an aromatic ring is 1. The zero-order valence-corrected chi connectivity index (χ0v) is 16.3. The minimum atomic E-state index is -0.795. The van der Waals surface area contributed by atoms with Gasteiger partial charge in [-0.1, -0.05) is 0 Å². The molecule has 1 fully saturated rings. The largest absolute Gasteiger partial charge is 0.398 e. The van der Waals surface area contributed by atoms with E-state index in [9.17, 15) is 9.59 Å². The summed E-state index contributed by atoms with van der Waals surface area (Å²) in [5, 5.41) is 15.4. The SMILES string of the molecule is Cc1ccncc1-c1cc(N)c2cnc(NC(=O)C(=O)NC3CC3CC#N)cc2c1. The van der Waals surface area contributed by atoms with Crippen LogP contribution in [0.4, 0.5) is 11.5 Å². The van der Waals surface area contributed by atoms with Gasteiger partial charge in [-0.05, 0) is 60.0 Å². The maximum atomic E-state index is 12.2. The van der Waals surface area contributed by atoms with Gasteiger partial charge in [0.2, 0.25) is 0 Å². The number of amides is 2. The normalized spacial score (nSPS) is 17.2. The van der Waals surface area contributed by atoms with Crippen LogP contribution >= 0.6 is 0 Å². The van der Waals surface area contributed by atoms with Crippen molar-refractivity contribution in [3.05, 3.63) is 48.4 Å². The summed E-state index contributed by atoms with van der Waals surface area (Å²) in [6.07, 6.45) is 6.18. The molecule has 0 bridgehead atoms. The number of anilines is 2. The fourth-order valence-electron chi connectivity index (χ4n) is 3.45. The van der Waals surface area contributed by atoms with Crippen molar-refractivity contribution in [3.8, 4) is 17.2 Å². The number of carbonyl (C=O) groups excluding carboxylic acids is 2. The predicted molar refractivity (Wildman–Crippen MR) is 113 cm³/mol. The molecule has 1 saturated carbocycles. The third kappa shape index (κ3) is 3.91. The van der Waals surface area contributed by atoms with E-state index in [0.717, 1.165) is 33.9 Å². The van der Waals surface area contributed by atoms with Gasteiger partial charge in [0, 0.05) is 47.7 Å². The maximum absolute atomic E-state index is 12.2. The Morgan fingerprint density at radius 1 is 1.27 bits per heavy atom. The molecule has 2 amide bonds. The van der Waals surface area contributed by atoms with Crippen molar-refractivity contribution >= 4 is 34.1 Å². The second kappa shape index (κ2) is 7.79. The number of nitrogens with zero attached hydrogens (tertiary/aromatic N) is 3. The van der Waals surface area contributed by atoms with E-state index in [2.05, 4.69) is 26.7 Å². The number of aromatic nitrogens is 2. The predicted octanol–water partition coefficient (Wildman–Crippen LogP) is 2.54. The molecule has 2 atom stereocenters. The van der Waals surface area contributed by atoms with Crippen molar-refractivity contribution in [2.24, 2.45) is 5.92 Å². The first-order valence-electron chi connectivity index (χ1n) is 9.55. The summed E-state index contributed by atoms with van der Waals surface area (Å²) in [6, 6.07) is 9.38. The highest BCUT2D eigenvalue weighted by Crippen LogP contribution is 2.33. The molecule has 8 nitrogen and oxygen atoms in total. The van der Waals surface area contributed by atoms with Gasteiger partial charge in [0.1, 0.15) is 5.82 Å². The minimum absolute atomic E-state index is 0.113. The van der Waals surface area contributed by atoms with Gasteiger partial charge in [-0.2, -0.15) is 5.26 Å². The molecule has 150 valence electrons. The summed E-state index contributed by atoms with van der Waals surface area (Å²) in [5.41, 5.74) is 9.71. The smallest absolute Gasteiger partial charge is 0.314 e. The first-order valence-corrected chi connectivity index (χ1v) is 9.55. The fraction of sp³-hybridized carbons (Fsp3) is 0.227. The highest BCUT2D eigenvalue weighted by molar-refractivity contribution is 6.39. The molecule has 1 aliphatic carbocycles. The lowest BCUT2D eigenvalue weighted by Crippen LogP contribution is -2.37. The van der Waals surface area contributed by atoms with E-state index in [-0.39, 0.29) is 17.8 Å². The number of carbonyl (C=O) groups is 2. The van der Waals surface area contributed by atoms with Crippen LogP contribution in [-0.2, 0) is 9.59 Å². The van der Waals surface area contributed by atoms with Gasteiger partial charge in [0.15, 0.2) is 0 Å². The Bertz CT molecular complexity index is 1200. The van der Waals surface area contributed by atoms with Crippen LogP contribution in [0.1, 0.15) is 18.4 Å². The molecule has 1 aliphatic rings. The number of hydrogen-bond acceptors (Lipinski definition) is 6. The van der Waals surface area contributed by atoms with E-state index in [1.165, 1.54) is 0 Å². The van der Waals surface area contributed by atoms with E-state index >= 15 is 0 Å². The van der Waals surface area contributed by atoms with Gasteiger partial charge in [-0.25, -0.2) is 4.98 Å². The van der Waals surface area contributed by atoms with Gasteiger partial charge < -0.3 is 16.4 Å². The summed E-state index contributed by atoms with van der Waals surface area (Å²) in [6.45, 7) is 2.00. The van der Waals surface area contributed by atoms with Crippen LogP contribution in [-0.4, -0.2) is 27.8 Å². The molecule has 0 radical (unpaired) electrons. The number of pyridine rings is 2. The number of fused-ring (bicyclic) bond motifs is 1. The fourth-order valence-corrected chi connectivity index (χ4v) is 3.45. The highest BCUT2D eigenvalue weighted by Gasteiger charge is 2.39. The van der Waals surface area contributed by atoms with E-state index < -0.39 is 11.8 Å². The molecule has 4 N–H and O–H groups in total. The lowest BCUT2D eigenvalue weighted by atomic mass is 9.99. The number of nitrogens with one attached hydrogen (secondary N) is 2. The second-order valence-electron chi connectivity index (χ2n) is 7.44. The highest BCUT2D eigenvalue weighted by atomic mass is 16.2. The zero-order valence-electron chi connectivity index (χ0n) is 16.3. The third-order valence-corrected chi connectivity index (χ3v) is 5.26. The zero-order chi connectivity index (χ0) is 21.3. The number of nitriles is 1. The Morgan fingerprint density at radius 2 is 2.10 bits per heavy atom. The molecule has 3 aromatic rings. The second-order valence-corrected chi connectivity index (χ2v) is 7.44. The Labute approximate surface area is 173 Å². The van der Waals surface area contributed by atoms with Crippen LogP contribution in [0.3, 0.4) is 0 Å². The van der Waals surface area contributed by atoms with Crippen LogP contribution in [0.2, 0.25) is 0 Å². The van der Waals surface area contributed by atoms with Gasteiger partial charge >= 0.3 is 11.8 Å². The molecule has 2 heterocycles. The number of rotatable bonds is 4. The van der Waals surface area contributed by atoms with Crippen molar-refractivity contribution in [1.29, 1.82) is 5.26 Å². The molecule has 1 aromatic carbocycles. The van der Waals surface area contributed by atoms with Crippen LogP contribution < -0.4 is 16.4 Å². The molecule has 0 spiro atoms. The van der Waals surface area contributed by atoms with Crippen LogP contribution in [0, 0.1) is 24.2 Å². The van der Waals surface area contributed by atoms with Crippen LogP contribution in [0.25, 0.3) is 21.9 Å². The van der Waals surface area contributed by atoms with E-state index in [1.54, 1.807) is 24.7 Å². The monoisotopic (exact) mass is 400 g/mol. The Kier molecular flexibility index (Phi) is 5.02. The van der Waals surface area contributed by atoms with Gasteiger partial charge in [-0.15, -0.1) is 0 Å². The van der Waals surface area contributed by atoms with Crippen LogP contribution in [0.15, 0.2) is 42.9 Å². The molecule has 4 rings (SSSR count). The topological polar surface area (TPSA) is 134 Å². The van der Waals surface area contributed by atoms with E-state index in [4.69, 9.17) is 11.0 Å². The molecular weight excluding hydrogens is 380 g/mol. The lowest BCUT2D eigenvalue weighted by molar-refractivity contribution is -0.136. The molecule has 0 aliphatic heterocycles. The van der Waals surface area contributed by atoms with Gasteiger partial charge in [0.05, 0.1) is 6.07 Å². The van der Waals surface area contributed by atoms with E-state index in [1.807, 2.05) is 25.1 Å². The third-order valence-electron chi connectivity index (χ3n) is 5.26. The Hall–Kier alpha value is -3.99. The average Bonchev–Trinajstić information content (AvgIpc) is 3.45. The molecule has 2 unspecified atom stereocenters. The van der Waals surface area contributed by atoms with Crippen molar-refractivity contribution in [2.75, 3.05) is 11.1 Å². The van der Waals surface area contributed by atoms with Crippen LogP contribution in [0.5, 0.6) is 0 Å². The summed E-state index contributed by atoms with van der Waals surface area (Å²) in [7, 11) is 0. The summed E-state index contributed by atoms with van der Waals surface area (Å²) in [4.78, 5) is 32.7. The maximum Gasteiger partial charge on any atom is 0.314 e. The Balaban J connectivity index is 1.54. The molecular formula is C22H20N6O2. The molecule has 2 aromatic heterocycles. The van der Waals surface area contributed by atoms with Crippen molar-refractivity contribution in [1.82, 2.24) is 15.3 Å². The quantitative estimate of drug-likeness (QED) is 0.455. The number of nitrogens with two attached hydrogens (primary N) is 1. The first kappa shape index (κ1) is 19.3. The van der Waals surface area contributed by atoms with Gasteiger partial charge in [0.25, 0.3) is 0 Å². The molecule has 0 saturated heterocycles. The minimum Gasteiger partial charge on any atom is -0.398 e. The van der Waals surface area contributed by atoms with E-state index in [0.29, 0.717) is 12.1 Å². The number of aryl methyl sites for hydroxylation is 1. The van der Waals surface area contributed by atoms with Crippen molar-refractivity contribution in [3.63, 3.8) is 0 Å². The lowest BCUT2D eigenvalue weighted by Gasteiger charge is -2.11. The summed E-state index contributed by atoms with van der Waals surface area (Å²) in [5.74, 6) is -1.15. The first-order chi connectivity index (χ1) is 14.5. The molecule has 30 heavy (non-hydrogen) atoms. The van der Waals surface area contributed by atoms with Crippen molar-refractivity contribution < 1.29 is 9.59 Å². The summed E-state index contributed by atoms with van der Waals surface area (Å²) >= 11 is 0. The van der Waals surface area contributed by atoms with Gasteiger partial charge in [-0.3, -0.25) is 14.6 Å². The Morgan fingerprint density at radius 3 is 2.87 bits per heavy atom. The number of hydrogen-bond donors (Lipinski definition) is 3. The standard InChI is InChI=1S/C22H20N6O2/c1-12-3-5-25-10-16(12)14-6-15-9-20(26-11-17(15)18(24)7-14)28-22(30)21(29)27-19-8-13(19)2-4-23/h3,5-7,9-11,13,19H,2,8,24H2,1H3,(H,27,29)(H,26,28,30). The number of benzene rings is 1.